The molecule has 0 fully saturated rings. The van der Waals surface area contributed by atoms with Gasteiger partial charge in [-0.25, -0.2) is 4.79 Å². The maximum atomic E-state index is 12.6. The van der Waals surface area contributed by atoms with Gasteiger partial charge in [0.25, 0.3) is 0 Å². The molecule has 0 aliphatic heterocycles. The summed E-state index contributed by atoms with van der Waals surface area (Å²) in [6, 6.07) is 17.9. The molecule has 0 atom stereocenters. The van der Waals surface area contributed by atoms with Gasteiger partial charge in [-0.1, -0.05) is 42.5 Å². The number of hydrogen-bond acceptors (Lipinski definition) is 4. The fourth-order valence-corrected chi connectivity index (χ4v) is 3.01. The van der Waals surface area contributed by atoms with Crippen LogP contribution >= 0.6 is 0 Å². The van der Waals surface area contributed by atoms with E-state index in [2.05, 4.69) is 0 Å². The Morgan fingerprint density at radius 2 is 1.77 bits per heavy atom. The average Bonchev–Trinajstić information content (AvgIpc) is 2.99. The van der Waals surface area contributed by atoms with Crippen molar-refractivity contribution in [3.8, 4) is 5.75 Å². The number of hydrogen-bond donors (Lipinski definition) is 1. The molecule has 1 heterocycles. The average molecular weight is 345 g/mol. The minimum atomic E-state index is -0.621. The summed E-state index contributed by atoms with van der Waals surface area (Å²) in [5.74, 6) is -0.837. The summed E-state index contributed by atoms with van der Waals surface area (Å²) >= 11 is 0. The van der Waals surface area contributed by atoms with E-state index in [0.29, 0.717) is 11.1 Å². The number of primary amides is 1. The van der Waals surface area contributed by atoms with Gasteiger partial charge in [-0.15, -0.1) is 0 Å². The lowest BCUT2D eigenvalue weighted by atomic mass is 10.1. The van der Waals surface area contributed by atoms with Crippen molar-refractivity contribution in [1.29, 1.82) is 0 Å². The Hall–Kier alpha value is -3.60. The number of furan rings is 1. The minimum absolute atomic E-state index is 0.140. The molecule has 1 amide bonds. The molecule has 0 aliphatic rings. The van der Waals surface area contributed by atoms with E-state index in [-0.39, 0.29) is 17.1 Å². The van der Waals surface area contributed by atoms with E-state index < -0.39 is 11.9 Å². The minimum Gasteiger partial charge on any atom is -0.448 e. The van der Waals surface area contributed by atoms with Gasteiger partial charge >= 0.3 is 5.97 Å². The Balaban J connectivity index is 1.75. The van der Waals surface area contributed by atoms with Crippen LogP contribution in [0.4, 0.5) is 0 Å². The molecule has 0 spiro atoms. The maximum Gasteiger partial charge on any atom is 0.379 e. The number of carbonyl (C=O) groups excluding carboxylic acids is 2. The number of esters is 1. The molecule has 0 radical (unpaired) electrons. The Bertz CT molecular complexity index is 1170. The first-order chi connectivity index (χ1) is 12.5. The number of amides is 1. The van der Waals surface area contributed by atoms with Gasteiger partial charge in [-0.3, -0.25) is 4.79 Å². The number of rotatable bonds is 3. The van der Waals surface area contributed by atoms with Gasteiger partial charge in [-0.2, -0.15) is 0 Å². The zero-order chi connectivity index (χ0) is 18.3. The highest BCUT2D eigenvalue weighted by atomic mass is 16.5. The standard InChI is InChI=1S/C21H15NO4/c1-12-16-10-9-13-5-2-3-8-17(13)19(16)26-18(12)21(24)25-15-7-4-6-14(11-15)20(22)23/h2-11H,1H3,(H2,22,23). The van der Waals surface area contributed by atoms with Gasteiger partial charge in [0.05, 0.1) is 0 Å². The van der Waals surface area contributed by atoms with Crippen LogP contribution in [-0.4, -0.2) is 11.9 Å². The third-order valence-corrected chi connectivity index (χ3v) is 4.34. The molecule has 2 N–H and O–H groups in total. The highest BCUT2D eigenvalue weighted by Gasteiger charge is 2.21. The number of nitrogens with two attached hydrogens (primary N) is 1. The van der Waals surface area contributed by atoms with Crippen molar-refractivity contribution in [1.82, 2.24) is 0 Å². The van der Waals surface area contributed by atoms with Crippen molar-refractivity contribution in [2.24, 2.45) is 5.73 Å². The zero-order valence-electron chi connectivity index (χ0n) is 14.0. The van der Waals surface area contributed by atoms with Crippen LogP contribution in [0.3, 0.4) is 0 Å². The van der Waals surface area contributed by atoms with Gasteiger partial charge in [0.15, 0.2) is 0 Å². The fourth-order valence-electron chi connectivity index (χ4n) is 3.01. The third-order valence-electron chi connectivity index (χ3n) is 4.34. The molecular formula is C21H15NO4. The molecule has 0 saturated carbocycles. The Labute approximate surface area is 149 Å². The molecule has 1 aromatic heterocycles. The van der Waals surface area contributed by atoms with E-state index >= 15 is 0 Å². The van der Waals surface area contributed by atoms with Gasteiger partial charge < -0.3 is 14.9 Å². The predicted molar refractivity (Wildman–Crippen MR) is 98.4 cm³/mol. The molecule has 3 aromatic carbocycles. The van der Waals surface area contributed by atoms with Crippen LogP contribution in [-0.2, 0) is 0 Å². The van der Waals surface area contributed by atoms with Crippen LogP contribution in [0.15, 0.2) is 65.1 Å². The van der Waals surface area contributed by atoms with Crippen molar-refractivity contribution in [2.75, 3.05) is 0 Å². The van der Waals surface area contributed by atoms with Crippen LogP contribution in [0, 0.1) is 6.92 Å². The highest BCUT2D eigenvalue weighted by Crippen LogP contribution is 2.32. The summed E-state index contributed by atoms with van der Waals surface area (Å²) in [5, 5.41) is 2.83. The molecule has 4 aromatic rings. The first kappa shape index (κ1) is 15.9. The first-order valence-corrected chi connectivity index (χ1v) is 8.07. The molecule has 0 saturated heterocycles. The van der Waals surface area contributed by atoms with Gasteiger partial charge in [0.1, 0.15) is 11.3 Å². The molecule has 0 bridgehead atoms. The number of benzene rings is 3. The molecule has 128 valence electrons. The molecule has 4 rings (SSSR count). The van der Waals surface area contributed by atoms with E-state index in [0.717, 1.165) is 16.2 Å². The summed E-state index contributed by atoms with van der Waals surface area (Å²) in [4.78, 5) is 23.9. The molecule has 5 nitrogen and oxygen atoms in total. The fraction of sp³-hybridized carbons (Fsp3) is 0.0476. The van der Waals surface area contributed by atoms with Crippen molar-refractivity contribution < 1.29 is 18.7 Å². The zero-order valence-corrected chi connectivity index (χ0v) is 14.0. The number of aryl methyl sites for hydroxylation is 1. The Kier molecular flexibility index (Phi) is 3.69. The number of carbonyl (C=O) groups is 2. The van der Waals surface area contributed by atoms with Crippen molar-refractivity contribution in [3.05, 3.63) is 77.6 Å². The lowest BCUT2D eigenvalue weighted by Gasteiger charge is -2.04. The van der Waals surface area contributed by atoms with Gasteiger partial charge in [-0.05, 0) is 30.5 Å². The smallest absolute Gasteiger partial charge is 0.379 e. The number of fused-ring (bicyclic) bond motifs is 3. The second-order valence-electron chi connectivity index (χ2n) is 6.00. The molecule has 0 aliphatic carbocycles. The lowest BCUT2D eigenvalue weighted by molar-refractivity contribution is 0.0702. The normalized spacial score (nSPS) is 11.0. The second kappa shape index (κ2) is 6.04. The summed E-state index contributed by atoms with van der Waals surface area (Å²) in [6.45, 7) is 1.82. The highest BCUT2D eigenvalue weighted by molar-refractivity contribution is 6.08. The molecule has 26 heavy (non-hydrogen) atoms. The van der Waals surface area contributed by atoms with Crippen LogP contribution in [0.1, 0.15) is 26.5 Å². The van der Waals surface area contributed by atoms with Crippen molar-refractivity contribution in [2.45, 2.75) is 6.92 Å². The van der Waals surface area contributed by atoms with E-state index in [1.54, 1.807) is 18.2 Å². The van der Waals surface area contributed by atoms with Crippen molar-refractivity contribution >= 4 is 33.6 Å². The summed E-state index contributed by atoms with van der Waals surface area (Å²) in [6.07, 6.45) is 0. The summed E-state index contributed by atoms with van der Waals surface area (Å²) in [7, 11) is 0. The largest absolute Gasteiger partial charge is 0.448 e. The third kappa shape index (κ3) is 2.59. The lowest BCUT2D eigenvalue weighted by Crippen LogP contribution is -2.12. The summed E-state index contributed by atoms with van der Waals surface area (Å²) in [5.41, 5.74) is 6.88. The first-order valence-electron chi connectivity index (χ1n) is 8.07. The quantitative estimate of drug-likeness (QED) is 0.445. The predicted octanol–water partition coefficient (Wildman–Crippen LogP) is 4.21. The van der Waals surface area contributed by atoms with E-state index in [1.165, 1.54) is 6.07 Å². The van der Waals surface area contributed by atoms with Crippen LogP contribution < -0.4 is 10.5 Å². The topological polar surface area (TPSA) is 82.5 Å². The van der Waals surface area contributed by atoms with Gasteiger partial charge in [0, 0.05) is 21.9 Å². The molecule has 5 heteroatoms. The maximum absolute atomic E-state index is 12.6. The molecular weight excluding hydrogens is 330 g/mol. The van der Waals surface area contributed by atoms with Crippen LogP contribution in [0.25, 0.3) is 21.7 Å². The van der Waals surface area contributed by atoms with Gasteiger partial charge in [0.2, 0.25) is 11.7 Å². The molecule has 0 unspecified atom stereocenters. The number of ether oxygens (including phenoxy) is 1. The summed E-state index contributed by atoms with van der Waals surface area (Å²) < 4.78 is 11.2. The van der Waals surface area contributed by atoms with E-state index in [9.17, 15) is 9.59 Å². The Morgan fingerprint density at radius 3 is 2.58 bits per heavy atom. The monoisotopic (exact) mass is 345 g/mol. The van der Waals surface area contributed by atoms with E-state index in [4.69, 9.17) is 14.9 Å². The van der Waals surface area contributed by atoms with Crippen molar-refractivity contribution in [3.63, 3.8) is 0 Å². The van der Waals surface area contributed by atoms with Crippen LogP contribution in [0.2, 0.25) is 0 Å². The van der Waals surface area contributed by atoms with Crippen LogP contribution in [0.5, 0.6) is 5.75 Å². The van der Waals surface area contributed by atoms with E-state index in [1.807, 2.05) is 43.3 Å². The Morgan fingerprint density at radius 1 is 0.962 bits per heavy atom. The second-order valence-corrected chi connectivity index (χ2v) is 6.00. The SMILES string of the molecule is Cc1c(C(=O)Oc2cccc(C(N)=O)c2)oc2c1ccc1ccccc12.